The van der Waals surface area contributed by atoms with Crippen LogP contribution in [0.4, 0.5) is 5.69 Å². The zero-order chi connectivity index (χ0) is 30.9. The van der Waals surface area contributed by atoms with Crippen molar-refractivity contribution < 1.29 is 14.4 Å². The largest absolute Gasteiger partial charge is 0.490 e. The summed E-state index contributed by atoms with van der Waals surface area (Å²) in [6, 6.07) is 30.2. The number of ether oxygens (including phenoxy) is 2. The lowest BCUT2D eigenvalue weighted by Gasteiger charge is -2.30. The van der Waals surface area contributed by atoms with Gasteiger partial charge in [0.25, 0.3) is 11.2 Å². The number of hydrogen-bond acceptors (Lipinski definition) is 7. The molecule has 4 aromatic carbocycles. The number of nitro groups is 1. The van der Waals surface area contributed by atoms with Gasteiger partial charge in [0, 0.05) is 17.7 Å². The van der Waals surface area contributed by atoms with Gasteiger partial charge in [-0.3, -0.25) is 19.5 Å². The number of non-ortho nitro benzene ring substituents is 1. The molecule has 0 saturated heterocycles. The molecule has 1 aliphatic carbocycles. The normalized spacial score (nSPS) is 15.5. The van der Waals surface area contributed by atoms with Crippen LogP contribution < -0.4 is 24.4 Å². The molecule has 7 rings (SSSR count). The first-order valence-corrected chi connectivity index (χ1v) is 15.6. The van der Waals surface area contributed by atoms with Crippen LogP contribution in [0.15, 0.2) is 112 Å². The molecule has 8 nitrogen and oxygen atoms in total. The lowest BCUT2D eigenvalue weighted by molar-refractivity contribution is -0.384. The van der Waals surface area contributed by atoms with E-state index >= 15 is 0 Å². The summed E-state index contributed by atoms with van der Waals surface area (Å²) < 4.78 is 14.4. The number of hydrogen-bond donors (Lipinski definition) is 0. The minimum atomic E-state index is -0.428. The van der Waals surface area contributed by atoms with Crippen molar-refractivity contribution in [2.75, 3.05) is 6.61 Å². The molecule has 5 aromatic rings. The SMILES string of the molecule is CCOc1cc(/C=c2/sc3n(c2=O)[C@H](c2ccccc2)C2=C(N=3)c3ccccc3CC2)ccc1OCc1ccc([N+](=O)[O-])cc1. The van der Waals surface area contributed by atoms with E-state index in [1.54, 1.807) is 12.1 Å². The van der Waals surface area contributed by atoms with Crippen LogP contribution in [0, 0.1) is 10.1 Å². The van der Waals surface area contributed by atoms with E-state index in [4.69, 9.17) is 14.5 Å². The molecule has 45 heavy (non-hydrogen) atoms. The van der Waals surface area contributed by atoms with Crippen molar-refractivity contribution in [2.24, 2.45) is 4.99 Å². The maximum Gasteiger partial charge on any atom is 0.271 e. The highest BCUT2D eigenvalue weighted by Gasteiger charge is 2.32. The fourth-order valence-corrected chi connectivity index (χ4v) is 6.99. The Balaban J connectivity index is 1.26. The van der Waals surface area contributed by atoms with Crippen molar-refractivity contribution in [2.45, 2.75) is 32.4 Å². The molecule has 1 atom stereocenters. The molecule has 0 radical (unpaired) electrons. The van der Waals surface area contributed by atoms with Crippen LogP contribution in [0.2, 0.25) is 0 Å². The minimum Gasteiger partial charge on any atom is -0.490 e. The molecule has 0 amide bonds. The predicted octanol–water partition coefficient (Wildman–Crippen LogP) is 6.20. The second-order valence-electron chi connectivity index (χ2n) is 10.9. The molecule has 0 N–H and O–H groups in total. The van der Waals surface area contributed by atoms with Gasteiger partial charge in [-0.1, -0.05) is 72.0 Å². The number of benzene rings is 4. The van der Waals surface area contributed by atoms with Gasteiger partial charge in [0.05, 0.1) is 27.8 Å². The fourth-order valence-electron chi connectivity index (χ4n) is 5.99. The molecule has 224 valence electrons. The van der Waals surface area contributed by atoms with Gasteiger partial charge in [-0.25, -0.2) is 4.99 Å². The van der Waals surface area contributed by atoms with E-state index in [1.807, 2.05) is 60.0 Å². The van der Waals surface area contributed by atoms with Crippen LogP contribution in [0.5, 0.6) is 11.5 Å². The number of allylic oxidation sites excluding steroid dienone is 1. The number of nitrogens with zero attached hydrogens (tertiary/aromatic N) is 3. The smallest absolute Gasteiger partial charge is 0.271 e. The molecule has 0 fully saturated rings. The Kier molecular flexibility index (Phi) is 7.61. The van der Waals surface area contributed by atoms with Crippen LogP contribution in [0.3, 0.4) is 0 Å². The van der Waals surface area contributed by atoms with E-state index in [2.05, 4.69) is 30.3 Å². The lowest BCUT2D eigenvalue weighted by Crippen LogP contribution is -2.38. The summed E-state index contributed by atoms with van der Waals surface area (Å²) >= 11 is 1.39. The van der Waals surface area contributed by atoms with Gasteiger partial charge in [-0.05, 0) is 77.9 Å². The summed E-state index contributed by atoms with van der Waals surface area (Å²) in [5.41, 5.74) is 7.20. The Morgan fingerprint density at radius 3 is 2.51 bits per heavy atom. The van der Waals surface area contributed by atoms with Crippen molar-refractivity contribution in [1.82, 2.24) is 4.57 Å². The molecule has 2 aliphatic rings. The standard InChI is InChI=1S/C36H29N3O5S/c1-2-43-31-20-24(14-19-30(31)44-22-23-12-16-27(17-13-23)39(41)42)21-32-35(40)38-34(26-9-4-3-5-10-26)29-18-15-25-8-6-7-11-28(25)33(29)37-36(38)45-32/h3-14,16-17,19-21,34H,2,15,18,22H2,1H3/b32-21+/t34-/m1/s1. The summed E-state index contributed by atoms with van der Waals surface area (Å²) in [7, 11) is 0. The van der Waals surface area contributed by atoms with E-state index in [1.165, 1.54) is 34.6 Å². The first kappa shape index (κ1) is 28.5. The quantitative estimate of drug-likeness (QED) is 0.153. The van der Waals surface area contributed by atoms with Gasteiger partial charge in [-0.15, -0.1) is 0 Å². The first-order chi connectivity index (χ1) is 22.0. The van der Waals surface area contributed by atoms with E-state index in [9.17, 15) is 14.9 Å². The minimum absolute atomic E-state index is 0.0310. The van der Waals surface area contributed by atoms with Crippen LogP contribution in [-0.4, -0.2) is 16.1 Å². The molecule has 2 heterocycles. The highest BCUT2D eigenvalue weighted by Crippen LogP contribution is 2.41. The van der Waals surface area contributed by atoms with Crippen LogP contribution >= 0.6 is 11.3 Å². The lowest BCUT2D eigenvalue weighted by atomic mass is 9.83. The Bertz CT molecular complexity index is 2130. The summed E-state index contributed by atoms with van der Waals surface area (Å²) in [5.74, 6) is 1.10. The second-order valence-corrected chi connectivity index (χ2v) is 11.9. The van der Waals surface area contributed by atoms with Gasteiger partial charge in [-0.2, -0.15) is 0 Å². The third-order valence-electron chi connectivity index (χ3n) is 8.10. The van der Waals surface area contributed by atoms with Gasteiger partial charge >= 0.3 is 0 Å². The molecule has 0 bridgehead atoms. The van der Waals surface area contributed by atoms with Crippen molar-refractivity contribution >= 4 is 28.8 Å². The molecule has 0 saturated carbocycles. The Labute approximate surface area is 263 Å². The predicted molar refractivity (Wildman–Crippen MR) is 174 cm³/mol. The number of thiazole rings is 1. The number of fused-ring (bicyclic) bond motifs is 3. The summed E-state index contributed by atoms with van der Waals surface area (Å²) in [6.07, 6.45) is 3.64. The van der Waals surface area contributed by atoms with Crippen molar-refractivity contribution in [3.8, 4) is 11.5 Å². The fraction of sp³-hybridized carbons (Fsp3) is 0.167. The zero-order valence-electron chi connectivity index (χ0n) is 24.5. The van der Waals surface area contributed by atoms with Crippen molar-refractivity contribution in [3.05, 3.63) is 160 Å². The molecular formula is C36H29N3O5S. The molecule has 0 spiro atoms. The maximum atomic E-state index is 14.1. The summed E-state index contributed by atoms with van der Waals surface area (Å²) in [6.45, 7) is 2.56. The highest BCUT2D eigenvalue weighted by molar-refractivity contribution is 7.07. The Hall–Kier alpha value is -5.28. The second kappa shape index (κ2) is 12.0. The topological polar surface area (TPSA) is 96.0 Å². The zero-order valence-corrected chi connectivity index (χ0v) is 25.3. The number of nitro benzene ring substituents is 1. The molecule has 9 heteroatoms. The third-order valence-corrected chi connectivity index (χ3v) is 9.08. The Morgan fingerprint density at radius 1 is 0.956 bits per heavy atom. The summed E-state index contributed by atoms with van der Waals surface area (Å²) in [4.78, 5) is 30.4. The monoisotopic (exact) mass is 615 g/mol. The van der Waals surface area contributed by atoms with E-state index in [-0.39, 0.29) is 23.9 Å². The van der Waals surface area contributed by atoms with Crippen LogP contribution in [0.1, 0.15) is 47.2 Å². The number of aryl methyl sites for hydroxylation is 1. The molecule has 1 aliphatic heterocycles. The van der Waals surface area contributed by atoms with Gasteiger partial charge < -0.3 is 9.47 Å². The average Bonchev–Trinajstić information content (AvgIpc) is 3.37. The van der Waals surface area contributed by atoms with Gasteiger partial charge in [0.2, 0.25) is 0 Å². The third kappa shape index (κ3) is 5.47. The molecule has 1 aromatic heterocycles. The van der Waals surface area contributed by atoms with Crippen molar-refractivity contribution in [1.29, 1.82) is 0 Å². The van der Waals surface area contributed by atoms with E-state index in [0.717, 1.165) is 40.8 Å². The van der Waals surface area contributed by atoms with E-state index in [0.29, 0.717) is 27.4 Å². The average molecular weight is 616 g/mol. The maximum absolute atomic E-state index is 14.1. The van der Waals surface area contributed by atoms with Crippen LogP contribution in [-0.2, 0) is 13.0 Å². The van der Waals surface area contributed by atoms with Gasteiger partial charge in [0.1, 0.15) is 6.61 Å². The first-order valence-electron chi connectivity index (χ1n) is 14.8. The van der Waals surface area contributed by atoms with Crippen molar-refractivity contribution in [3.63, 3.8) is 0 Å². The molecule has 0 unspecified atom stereocenters. The summed E-state index contributed by atoms with van der Waals surface area (Å²) in [5, 5.41) is 11.0. The van der Waals surface area contributed by atoms with Gasteiger partial charge in [0.15, 0.2) is 16.3 Å². The van der Waals surface area contributed by atoms with E-state index < -0.39 is 4.92 Å². The Morgan fingerprint density at radius 2 is 1.73 bits per heavy atom. The van der Waals surface area contributed by atoms with Crippen LogP contribution in [0.25, 0.3) is 11.8 Å². The number of aromatic nitrogens is 1. The number of rotatable bonds is 8. The molecular weight excluding hydrogens is 586 g/mol. The highest BCUT2D eigenvalue weighted by atomic mass is 32.1.